The van der Waals surface area contributed by atoms with E-state index < -0.39 is 5.82 Å². The van der Waals surface area contributed by atoms with Gasteiger partial charge in [-0.15, -0.1) is 0 Å². The molecule has 0 aliphatic carbocycles. The molecule has 0 radical (unpaired) electrons. The number of halogens is 3. The van der Waals surface area contributed by atoms with E-state index in [1.807, 2.05) is 13.8 Å². The van der Waals surface area contributed by atoms with Crippen LogP contribution in [0.2, 0.25) is 10.0 Å². The number of hydrogen-bond acceptors (Lipinski definition) is 1. The zero-order valence-corrected chi connectivity index (χ0v) is 10.1. The summed E-state index contributed by atoms with van der Waals surface area (Å²) < 4.78 is 18.0. The highest BCUT2D eigenvalue weighted by molar-refractivity contribution is 6.36. The first kappa shape index (κ1) is 13.5. The molecule has 4 heteroatoms. The third kappa shape index (κ3) is 2.76. The smallest absolute Gasteiger partial charge is 0.173 e. The van der Waals surface area contributed by atoms with E-state index in [-0.39, 0.29) is 10.8 Å². The van der Waals surface area contributed by atoms with Crippen LogP contribution in [0.15, 0.2) is 6.07 Å². The second kappa shape index (κ2) is 6.10. The van der Waals surface area contributed by atoms with Crippen LogP contribution in [-0.2, 0) is 0 Å². The summed E-state index contributed by atoms with van der Waals surface area (Å²) in [6, 6.07) is 1.46. The Kier molecular flexibility index (Phi) is 5.89. The van der Waals surface area contributed by atoms with Gasteiger partial charge in [-0.3, -0.25) is 0 Å². The Morgan fingerprint density at radius 2 is 1.71 bits per heavy atom. The molecule has 0 unspecified atom stereocenters. The van der Waals surface area contributed by atoms with Gasteiger partial charge in [-0.05, 0) is 13.0 Å². The lowest BCUT2D eigenvalue weighted by molar-refractivity contribution is 0.385. The fraction of sp³-hybridized carbons (Fsp3) is 0.400. The SMILES string of the molecule is CC.COc1c(Cl)cc(Cl)c(C)c1F. The molecule has 0 spiro atoms. The highest BCUT2D eigenvalue weighted by Crippen LogP contribution is 2.33. The predicted molar refractivity (Wildman–Crippen MR) is 59.1 cm³/mol. The van der Waals surface area contributed by atoms with Crippen molar-refractivity contribution in [1.29, 1.82) is 0 Å². The van der Waals surface area contributed by atoms with Crippen LogP contribution in [0.4, 0.5) is 4.39 Å². The number of rotatable bonds is 1. The molecular formula is C10H13Cl2FO. The Morgan fingerprint density at radius 1 is 1.21 bits per heavy atom. The first-order valence-electron chi connectivity index (χ1n) is 4.26. The molecule has 0 heterocycles. The molecule has 0 saturated carbocycles. The minimum absolute atomic E-state index is 0.0403. The van der Waals surface area contributed by atoms with Crippen molar-refractivity contribution in [3.63, 3.8) is 0 Å². The fourth-order valence-electron chi connectivity index (χ4n) is 0.852. The molecule has 1 aromatic carbocycles. The molecule has 0 aliphatic rings. The summed E-state index contributed by atoms with van der Waals surface area (Å²) in [5.74, 6) is -0.464. The molecule has 0 aromatic heterocycles. The van der Waals surface area contributed by atoms with Crippen LogP contribution < -0.4 is 4.74 Å². The molecule has 1 aromatic rings. The Labute approximate surface area is 93.8 Å². The van der Waals surface area contributed by atoms with E-state index in [9.17, 15) is 4.39 Å². The molecular weight excluding hydrogens is 226 g/mol. The average Bonchev–Trinajstić information content (AvgIpc) is 2.18. The van der Waals surface area contributed by atoms with Gasteiger partial charge < -0.3 is 4.74 Å². The van der Waals surface area contributed by atoms with Crippen molar-refractivity contribution < 1.29 is 9.13 Å². The van der Waals surface area contributed by atoms with Gasteiger partial charge in [0.05, 0.1) is 12.1 Å². The van der Waals surface area contributed by atoms with Gasteiger partial charge in [0.1, 0.15) is 0 Å². The summed E-state index contributed by atoms with van der Waals surface area (Å²) in [4.78, 5) is 0. The van der Waals surface area contributed by atoms with Gasteiger partial charge in [0.15, 0.2) is 11.6 Å². The molecule has 0 atom stereocenters. The summed E-state index contributed by atoms with van der Waals surface area (Å²) in [5.41, 5.74) is 0.345. The minimum Gasteiger partial charge on any atom is -0.492 e. The average molecular weight is 239 g/mol. The Morgan fingerprint density at radius 3 is 2.14 bits per heavy atom. The predicted octanol–water partition coefficient (Wildman–Crippen LogP) is 4.48. The third-order valence-electron chi connectivity index (χ3n) is 1.56. The lowest BCUT2D eigenvalue weighted by atomic mass is 10.2. The molecule has 14 heavy (non-hydrogen) atoms. The van der Waals surface area contributed by atoms with Crippen LogP contribution >= 0.6 is 23.2 Å². The normalized spacial score (nSPS) is 9.07. The molecule has 1 nitrogen and oxygen atoms in total. The molecule has 0 saturated heterocycles. The van der Waals surface area contributed by atoms with E-state index in [1.54, 1.807) is 6.92 Å². The van der Waals surface area contributed by atoms with Crippen molar-refractivity contribution in [2.24, 2.45) is 0 Å². The third-order valence-corrected chi connectivity index (χ3v) is 2.23. The van der Waals surface area contributed by atoms with Crippen LogP contribution in [0, 0.1) is 12.7 Å². The van der Waals surface area contributed by atoms with Crippen molar-refractivity contribution in [2.75, 3.05) is 7.11 Å². The first-order chi connectivity index (χ1) is 6.57. The van der Waals surface area contributed by atoms with Gasteiger partial charge in [-0.1, -0.05) is 37.0 Å². The monoisotopic (exact) mass is 238 g/mol. The van der Waals surface area contributed by atoms with E-state index in [0.717, 1.165) is 0 Å². The molecule has 1 rings (SSSR count). The maximum atomic E-state index is 13.2. The Hall–Kier alpha value is -0.470. The first-order valence-corrected chi connectivity index (χ1v) is 5.01. The lowest BCUT2D eigenvalue weighted by Gasteiger charge is -2.07. The Balaban J connectivity index is 0.000000791. The molecule has 0 bridgehead atoms. The highest BCUT2D eigenvalue weighted by Gasteiger charge is 2.13. The second-order valence-corrected chi connectivity index (χ2v) is 3.13. The fourth-order valence-corrected chi connectivity index (χ4v) is 1.37. The maximum absolute atomic E-state index is 13.2. The molecule has 0 amide bonds. The quantitative estimate of drug-likeness (QED) is 0.702. The minimum atomic E-state index is -0.505. The zero-order chi connectivity index (χ0) is 11.3. The van der Waals surface area contributed by atoms with Crippen molar-refractivity contribution >= 4 is 23.2 Å². The van der Waals surface area contributed by atoms with Crippen LogP contribution in [0.5, 0.6) is 5.75 Å². The number of benzene rings is 1. The van der Waals surface area contributed by atoms with Crippen molar-refractivity contribution in [3.05, 3.63) is 27.5 Å². The molecule has 0 fully saturated rings. The Bertz CT molecular complexity index is 313. The van der Waals surface area contributed by atoms with Gasteiger partial charge in [-0.2, -0.15) is 0 Å². The number of ether oxygens (including phenoxy) is 1. The highest BCUT2D eigenvalue weighted by atomic mass is 35.5. The van der Waals surface area contributed by atoms with E-state index >= 15 is 0 Å². The van der Waals surface area contributed by atoms with E-state index in [1.165, 1.54) is 13.2 Å². The van der Waals surface area contributed by atoms with Crippen LogP contribution in [0.25, 0.3) is 0 Å². The van der Waals surface area contributed by atoms with Crippen molar-refractivity contribution in [1.82, 2.24) is 0 Å². The summed E-state index contributed by atoms with van der Waals surface area (Å²) in [7, 11) is 1.36. The van der Waals surface area contributed by atoms with Crippen molar-refractivity contribution in [3.8, 4) is 5.75 Å². The topological polar surface area (TPSA) is 9.23 Å². The molecule has 80 valence electrons. The summed E-state index contributed by atoms with van der Waals surface area (Å²) >= 11 is 11.3. The summed E-state index contributed by atoms with van der Waals surface area (Å²) in [6.07, 6.45) is 0. The summed E-state index contributed by atoms with van der Waals surface area (Å²) in [5, 5.41) is 0.490. The van der Waals surface area contributed by atoms with Gasteiger partial charge in [0.2, 0.25) is 0 Å². The largest absolute Gasteiger partial charge is 0.492 e. The van der Waals surface area contributed by atoms with Gasteiger partial charge in [0, 0.05) is 10.6 Å². The van der Waals surface area contributed by atoms with Gasteiger partial charge >= 0.3 is 0 Å². The van der Waals surface area contributed by atoms with E-state index in [0.29, 0.717) is 10.6 Å². The van der Waals surface area contributed by atoms with E-state index in [2.05, 4.69) is 0 Å². The lowest BCUT2D eigenvalue weighted by Crippen LogP contribution is -1.92. The van der Waals surface area contributed by atoms with Crippen LogP contribution in [-0.4, -0.2) is 7.11 Å². The van der Waals surface area contributed by atoms with E-state index in [4.69, 9.17) is 27.9 Å². The zero-order valence-electron chi connectivity index (χ0n) is 8.62. The number of methoxy groups -OCH3 is 1. The van der Waals surface area contributed by atoms with Crippen LogP contribution in [0.3, 0.4) is 0 Å². The standard InChI is InChI=1S/C8H7Cl2FO.C2H6/c1-4-5(9)3-6(10)8(12-2)7(4)11;1-2/h3H,1-2H3;1-2H3. The second-order valence-electron chi connectivity index (χ2n) is 2.31. The molecule has 0 N–H and O–H groups in total. The number of hydrogen-bond donors (Lipinski definition) is 0. The molecule has 0 aliphatic heterocycles. The van der Waals surface area contributed by atoms with Gasteiger partial charge in [0.25, 0.3) is 0 Å². The maximum Gasteiger partial charge on any atom is 0.173 e. The van der Waals surface area contributed by atoms with Gasteiger partial charge in [-0.25, -0.2) is 4.39 Å². The van der Waals surface area contributed by atoms with Crippen molar-refractivity contribution in [2.45, 2.75) is 20.8 Å². The van der Waals surface area contributed by atoms with Crippen LogP contribution in [0.1, 0.15) is 19.4 Å². The summed E-state index contributed by atoms with van der Waals surface area (Å²) in [6.45, 7) is 5.57.